The number of carbonyl (C=O) groups excluding carboxylic acids is 1. The van der Waals surface area contributed by atoms with Crippen LogP contribution in [0.5, 0.6) is 0 Å². The fourth-order valence-electron chi connectivity index (χ4n) is 1.73. The molecule has 0 spiro atoms. The topological polar surface area (TPSA) is 99.0 Å². The summed E-state index contributed by atoms with van der Waals surface area (Å²) in [7, 11) is 0. The van der Waals surface area contributed by atoms with Crippen LogP contribution in [0.4, 0.5) is 11.5 Å². The van der Waals surface area contributed by atoms with Crippen LogP contribution in [-0.2, 0) is 0 Å². The Morgan fingerprint density at radius 3 is 2.70 bits per heavy atom. The van der Waals surface area contributed by atoms with Crippen LogP contribution in [-0.4, -0.2) is 20.8 Å². The van der Waals surface area contributed by atoms with Crippen molar-refractivity contribution in [3.05, 3.63) is 54.6 Å². The molecule has 3 N–H and O–H groups in total. The highest BCUT2D eigenvalue weighted by Gasteiger charge is 2.12. The van der Waals surface area contributed by atoms with Crippen molar-refractivity contribution in [2.24, 2.45) is 0 Å². The van der Waals surface area contributed by atoms with Crippen molar-refractivity contribution < 1.29 is 9.32 Å². The first-order valence-electron chi connectivity index (χ1n) is 5.86. The van der Waals surface area contributed by atoms with Gasteiger partial charge in [0.25, 0.3) is 5.91 Å². The second-order valence-corrected chi connectivity index (χ2v) is 4.06. The number of benzene rings is 1. The largest absolute Gasteiger partial charge is 0.399 e. The summed E-state index contributed by atoms with van der Waals surface area (Å²) >= 11 is 0. The SMILES string of the molecule is Nc1ccc(-n2nccc2NC(=O)c2ccon2)cc1. The van der Waals surface area contributed by atoms with E-state index in [1.54, 1.807) is 29.1 Å². The molecule has 20 heavy (non-hydrogen) atoms. The molecule has 0 atom stereocenters. The molecule has 7 nitrogen and oxygen atoms in total. The molecule has 0 bridgehead atoms. The van der Waals surface area contributed by atoms with Gasteiger partial charge in [0.1, 0.15) is 12.1 Å². The van der Waals surface area contributed by atoms with E-state index in [2.05, 4.69) is 20.1 Å². The number of hydrogen-bond donors (Lipinski definition) is 2. The quantitative estimate of drug-likeness (QED) is 0.705. The second-order valence-electron chi connectivity index (χ2n) is 4.06. The number of nitrogens with zero attached hydrogens (tertiary/aromatic N) is 3. The molecule has 0 aliphatic carbocycles. The number of nitrogens with one attached hydrogen (secondary N) is 1. The predicted molar refractivity (Wildman–Crippen MR) is 72.4 cm³/mol. The first-order chi connectivity index (χ1) is 9.74. The maximum Gasteiger partial charge on any atom is 0.278 e. The Morgan fingerprint density at radius 1 is 1.20 bits per heavy atom. The van der Waals surface area contributed by atoms with Crippen molar-refractivity contribution in [2.45, 2.75) is 0 Å². The van der Waals surface area contributed by atoms with Gasteiger partial charge in [0.2, 0.25) is 0 Å². The van der Waals surface area contributed by atoms with Crippen molar-refractivity contribution >= 4 is 17.4 Å². The molecule has 0 aliphatic rings. The Bertz CT molecular complexity index is 716. The normalized spacial score (nSPS) is 10.4. The third kappa shape index (κ3) is 2.24. The number of amides is 1. The average molecular weight is 269 g/mol. The lowest BCUT2D eigenvalue weighted by Gasteiger charge is -2.08. The molecule has 7 heteroatoms. The van der Waals surface area contributed by atoms with E-state index in [1.807, 2.05) is 12.1 Å². The fraction of sp³-hybridized carbons (Fsp3) is 0. The van der Waals surface area contributed by atoms with Crippen LogP contribution >= 0.6 is 0 Å². The molecular weight excluding hydrogens is 258 g/mol. The Hall–Kier alpha value is -3.09. The molecule has 1 amide bonds. The third-order valence-electron chi connectivity index (χ3n) is 2.69. The standard InChI is InChI=1S/C13H11N5O2/c14-9-1-3-10(4-2-9)18-12(5-7-15-18)16-13(19)11-6-8-20-17-11/h1-8H,14H2,(H,16,19). The van der Waals surface area contributed by atoms with Gasteiger partial charge in [-0.15, -0.1) is 0 Å². The molecule has 2 heterocycles. The Morgan fingerprint density at radius 2 is 2.00 bits per heavy atom. The summed E-state index contributed by atoms with van der Waals surface area (Å²) in [6, 6.07) is 10.3. The number of carbonyl (C=O) groups is 1. The van der Waals surface area contributed by atoms with Crippen LogP contribution in [0.25, 0.3) is 5.69 Å². The van der Waals surface area contributed by atoms with Gasteiger partial charge in [-0.05, 0) is 24.3 Å². The lowest BCUT2D eigenvalue weighted by atomic mass is 10.3. The summed E-state index contributed by atoms with van der Waals surface area (Å²) in [6.45, 7) is 0. The zero-order valence-corrected chi connectivity index (χ0v) is 10.4. The van der Waals surface area contributed by atoms with Crippen molar-refractivity contribution in [1.82, 2.24) is 14.9 Å². The maximum absolute atomic E-state index is 11.9. The van der Waals surface area contributed by atoms with Gasteiger partial charge in [-0.25, -0.2) is 4.68 Å². The highest BCUT2D eigenvalue weighted by molar-refractivity contribution is 6.02. The summed E-state index contributed by atoms with van der Waals surface area (Å²) in [5.74, 6) is 0.165. The molecule has 3 aromatic rings. The Kier molecular flexibility index (Phi) is 2.92. The van der Waals surface area contributed by atoms with Crippen molar-refractivity contribution in [3.8, 4) is 5.69 Å². The molecular formula is C13H11N5O2. The van der Waals surface area contributed by atoms with Gasteiger partial charge in [0.15, 0.2) is 5.69 Å². The minimum absolute atomic E-state index is 0.204. The monoisotopic (exact) mass is 269 g/mol. The summed E-state index contributed by atoms with van der Waals surface area (Å²) in [6.07, 6.45) is 2.93. The maximum atomic E-state index is 11.9. The van der Waals surface area contributed by atoms with Crippen LogP contribution in [0.15, 0.2) is 53.4 Å². The van der Waals surface area contributed by atoms with Crippen LogP contribution in [0.1, 0.15) is 10.5 Å². The minimum Gasteiger partial charge on any atom is -0.399 e. The summed E-state index contributed by atoms with van der Waals surface area (Å²) < 4.78 is 6.23. The second kappa shape index (κ2) is 4.88. The van der Waals surface area contributed by atoms with Gasteiger partial charge in [0, 0.05) is 17.8 Å². The van der Waals surface area contributed by atoms with Gasteiger partial charge in [-0.2, -0.15) is 5.10 Å². The van der Waals surface area contributed by atoms with E-state index in [-0.39, 0.29) is 11.6 Å². The predicted octanol–water partition coefficient (Wildman–Crippen LogP) is 1.69. The highest BCUT2D eigenvalue weighted by Crippen LogP contribution is 2.16. The van der Waals surface area contributed by atoms with Crippen LogP contribution in [0, 0.1) is 0 Å². The number of nitrogens with two attached hydrogens (primary N) is 1. The lowest BCUT2D eigenvalue weighted by molar-refractivity contribution is 0.101. The van der Waals surface area contributed by atoms with E-state index in [1.165, 1.54) is 12.3 Å². The average Bonchev–Trinajstić information content (AvgIpc) is 3.10. The first-order valence-corrected chi connectivity index (χ1v) is 5.86. The summed E-state index contributed by atoms with van der Waals surface area (Å²) in [4.78, 5) is 11.9. The first kappa shape index (κ1) is 12.0. The fourth-order valence-corrected chi connectivity index (χ4v) is 1.73. The highest BCUT2D eigenvalue weighted by atomic mass is 16.5. The lowest BCUT2D eigenvalue weighted by Crippen LogP contribution is -2.15. The minimum atomic E-state index is -0.365. The number of aromatic nitrogens is 3. The molecule has 0 saturated carbocycles. The number of hydrogen-bond acceptors (Lipinski definition) is 5. The molecule has 0 fully saturated rings. The third-order valence-corrected chi connectivity index (χ3v) is 2.69. The zero-order valence-electron chi connectivity index (χ0n) is 10.4. The number of rotatable bonds is 3. The van der Waals surface area contributed by atoms with Gasteiger partial charge in [-0.3, -0.25) is 4.79 Å². The van der Waals surface area contributed by atoms with Crippen molar-refractivity contribution in [3.63, 3.8) is 0 Å². The smallest absolute Gasteiger partial charge is 0.278 e. The summed E-state index contributed by atoms with van der Waals surface area (Å²) in [5, 5.41) is 10.5. The Balaban J connectivity index is 1.87. The summed E-state index contributed by atoms with van der Waals surface area (Å²) in [5.41, 5.74) is 7.30. The van der Waals surface area contributed by atoms with Crippen LogP contribution in [0.3, 0.4) is 0 Å². The molecule has 2 aromatic heterocycles. The van der Waals surface area contributed by atoms with E-state index in [0.717, 1.165) is 5.69 Å². The van der Waals surface area contributed by atoms with E-state index in [9.17, 15) is 4.79 Å². The van der Waals surface area contributed by atoms with E-state index < -0.39 is 0 Å². The molecule has 3 rings (SSSR count). The number of nitrogen functional groups attached to an aromatic ring is 1. The zero-order chi connectivity index (χ0) is 13.9. The molecule has 0 aliphatic heterocycles. The van der Waals surface area contributed by atoms with E-state index in [0.29, 0.717) is 11.5 Å². The molecule has 0 radical (unpaired) electrons. The van der Waals surface area contributed by atoms with Gasteiger partial charge in [-0.1, -0.05) is 5.16 Å². The van der Waals surface area contributed by atoms with Crippen molar-refractivity contribution in [2.75, 3.05) is 11.1 Å². The molecule has 1 aromatic carbocycles. The van der Waals surface area contributed by atoms with Crippen LogP contribution < -0.4 is 11.1 Å². The van der Waals surface area contributed by atoms with E-state index in [4.69, 9.17) is 5.73 Å². The van der Waals surface area contributed by atoms with Crippen molar-refractivity contribution in [1.29, 1.82) is 0 Å². The molecule has 0 saturated heterocycles. The van der Waals surface area contributed by atoms with Crippen LogP contribution in [0.2, 0.25) is 0 Å². The van der Waals surface area contributed by atoms with Gasteiger partial charge in [0.05, 0.1) is 11.9 Å². The molecule has 0 unspecified atom stereocenters. The Labute approximate surface area is 114 Å². The van der Waals surface area contributed by atoms with E-state index >= 15 is 0 Å². The van der Waals surface area contributed by atoms with Gasteiger partial charge < -0.3 is 15.6 Å². The van der Waals surface area contributed by atoms with Gasteiger partial charge >= 0.3 is 0 Å². The number of anilines is 2. The molecule has 100 valence electrons.